The van der Waals surface area contributed by atoms with Crippen LogP contribution in [0.3, 0.4) is 0 Å². The van der Waals surface area contributed by atoms with Crippen molar-refractivity contribution in [1.29, 1.82) is 0 Å². The highest BCUT2D eigenvalue weighted by atomic mass is 16.2. The molecule has 0 unspecified atom stereocenters. The Morgan fingerprint density at radius 3 is 2.21 bits per heavy atom. The number of amides is 2. The second-order valence-electron chi connectivity index (χ2n) is 7.11. The number of carbonyl (C=O) groups is 2. The maximum atomic E-state index is 12.6. The molecule has 24 heavy (non-hydrogen) atoms. The predicted octanol–water partition coefficient (Wildman–Crippen LogP) is 0.984. The summed E-state index contributed by atoms with van der Waals surface area (Å²) in [5, 5.41) is 4.16. The number of rotatable bonds is 3. The quantitative estimate of drug-likeness (QED) is 0.826. The average Bonchev–Trinajstić information content (AvgIpc) is 2.55. The molecule has 132 valence electrons. The molecule has 0 atom stereocenters. The molecule has 1 aromatic rings. The van der Waals surface area contributed by atoms with Crippen molar-refractivity contribution >= 4 is 11.8 Å². The molecule has 2 heterocycles. The SMILES string of the molecule is CCCn1nc(C(=O)N2CCN(C(=O)C(C)(C)C)CC2)ccc1=O. The summed E-state index contributed by atoms with van der Waals surface area (Å²) < 4.78 is 1.33. The van der Waals surface area contributed by atoms with E-state index in [1.54, 1.807) is 9.80 Å². The van der Waals surface area contributed by atoms with Crippen LogP contribution in [0.25, 0.3) is 0 Å². The third kappa shape index (κ3) is 4.01. The van der Waals surface area contributed by atoms with E-state index in [-0.39, 0.29) is 23.1 Å². The van der Waals surface area contributed by atoms with Crippen LogP contribution in [-0.4, -0.2) is 57.6 Å². The van der Waals surface area contributed by atoms with Crippen molar-refractivity contribution in [3.63, 3.8) is 0 Å². The number of hydrogen-bond donors (Lipinski definition) is 0. The van der Waals surface area contributed by atoms with E-state index in [1.807, 2.05) is 27.7 Å². The summed E-state index contributed by atoms with van der Waals surface area (Å²) in [6, 6.07) is 2.86. The fourth-order valence-electron chi connectivity index (χ4n) is 2.68. The molecule has 1 aliphatic heterocycles. The third-order valence-electron chi connectivity index (χ3n) is 4.02. The Balaban J connectivity index is 2.04. The predicted molar refractivity (Wildman–Crippen MR) is 90.7 cm³/mol. The summed E-state index contributed by atoms with van der Waals surface area (Å²) >= 11 is 0. The van der Waals surface area contributed by atoms with Gasteiger partial charge in [-0.1, -0.05) is 27.7 Å². The van der Waals surface area contributed by atoms with Crippen LogP contribution in [0.5, 0.6) is 0 Å². The first kappa shape index (κ1) is 18.2. The molecule has 1 aromatic heterocycles. The smallest absolute Gasteiger partial charge is 0.274 e. The molecule has 1 fully saturated rings. The maximum absolute atomic E-state index is 12.6. The van der Waals surface area contributed by atoms with E-state index in [4.69, 9.17) is 0 Å². The zero-order valence-electron chi connectivity index (χ0n) is 14.9. The Kier molecular flexibility index (Phi) is 5.41. The number of hydrogen-bond acceptors (Lipinski definition) is 4. The lowest BCUT2D eigenvalue weighted by Gasteiger charge is -2.37. The molecule has 0 aliphatic carbocycles. The van der Waals surface area contributed by atoms with Crippen molar-refractivity contribution in [2.75, 3.05) is 26.2 Å². The van der Waals surface area contributed by atoms with Crippen LogP contribution in [0.2, 0.25) is 0 Å². The molecular formula is C17H26N4O3. The maximum Gasteiger partial charge on any atom is 0.274 e. The summed E-state index contributed by atoms with van der Waals surface area (Å²) in [5.41, 5.74) is -0.337. The van der Waals surface area contributed by atoms with Gasteiger partial charge in [-0.3, -0.25) is 14.4 Å². The normalized spacial score (nSPS) is 15.5. The van der Waals surface area contributed by atoms with Crippen LogP contribution < -0.4 is 5.56 Å². The molecule has 0 saturated carbocycles. The first-order valence-corrected chi connectivity index (χ1v) is 8.41. The van der Waals surface area contributed by atoms with Gasteiger partial charge in [-0.2, -0.15) is 5.10 Å². The molecule has 2 amide bonds. The Labute approximate surface area is 142 Å². The van der Waals surface area contributed by atoms with Crippen LogP contribution in [0.15, 0.2) is 16.9 Å². The Hall–Kier alpha value is -2.18. The molecule has 0 radical (unpaired) electrons. The van der Waals surface area contributed by atoms with E-state index in [0.29, 0.717) is 32.7 Å². The standard InChI is InChI=1S/C17H26N4O3/c1-5-8-21-14(22)7-6-13(18-21)15(23)19-9-11-20(12-10-19)16(24)17(2,3)4/h6-7H,5,8-12H2,1-4H3. The Bertz CT molecular complexity index is 667. The van der Waals surface area contributed by atoms with Gasteiger partial charge in [0.15, 0.2) is 0 Å². The van der Waals surface area contributed by atoms with E-state index < -0.39 is 5.41 Å². The summed E-state index contributed by atoms with van der Waals surface area (Å²) in [5.74, 6) is -0.0908. The lowest BCUT2D eigenvalue weighted by atomic mass is 9.94. The fourth-order valence-corrected chi connectivity index (χ4v) is 2.68. The van der Waals surface area contributed by atoms with Gasteiger partial charge < -0.3 is 9.80 Å². The van der Waals surface area contributed by atoms with Crippen LogP contribution >= 0.6 is 0 Å². The van der Waals surface area contributed by atoms with Crippen molar-refractivity contribution in [2.45, 2.75) is 40.7 Å². The average molecular weight is 334 g/mol. The molecule has 0 spiro atoms. The van der Waals surface area contributed by atoms with Crippen LogP contribution in [0, 0.1) is 5.41 Å². The van der Waals surface area contributed by atoms with Gasteiger partial charge >= 0.3 is 0 Å². The number of piperazine rings is 1. The molecular weight excluding hydrogens is 308 g/mol. The Morgan fingerprint density at radius 2 is 1.67 bits per heavy atom. The first-order valence-electron chi connectivity index (χ1n) is 8.41. The first-order chi connectivity index (χ1) is 11.2. The minimum Gasteiger partial charge on any atom is -0.339 e. The van der Waals surface area contributed by atoms with Gasteiger partial charge in [-0.05, 0) is 12.5 Å². The molecule has 2 rings (SSSR count). The van der Waals surface area contributed by atoms with Crippen molar-refractivity contribution < 1.29 is 9.59 Å². The lowest BCUT2D eigenvalue weighted by molar-refractivity contribution is -0.140. The summed E-state index contributed by atoms with van der Waals surface area (Å²) in [4.78, 5) is 40.1. The van der Waals surface area contributed by atoms with Crippen molar-refractivity contribution in [3.05, 3.63) is 28.2 Å². The molecule has 1 aliphatic rings. The molecule has 7 heteroatoms. The molecule has 0 aromatic carbocycles. The van der Waals surface area contributed by atoms with Crippen molar-refractivity contribution in [3.8, 4) is 0 Å². The Morgan fingerprint density at radius 1 is 1.08 bits per heavy atom. The van der Waals surface area contributed by atoms with Gasteiger partial charge in [0.05, 0.1) is 0 Å². The van der Waals surface area contributed by atoms with Gasteiger partial charge in [0.1, 0.15) is 5.69 Å². The van der Waals surface area contributed by atoms with E-state index in [2.05, 4.69) is 5.10 Å². The second-order valence-corrected chi connectivity index (χ2v) is 7.11. The molecule has 0 N–H and O–H groups in total. The zero-order valence-corrected chi connectivity index (χ0v) is 14.9. The second kappa shape index (κ2) is 7.15. The summed E-state index contributed by atoms with van der Waals surface area (Å²) in [6.45, 7) is 10.1. The van der Waals surface area contributed by atoms with Gasteiger partial charge in [0.25, 0.3) is 11.5 Å². The number of carbonyl (C=O) groups excluding carboxylic acids is 2. The third-order valence-corrected chi connectivity index (χ3v) is 4.02. The number of nitrogens with zero attached hydrogens (tertiary/aromatic N) is 4. The highest BCUT2D eigenvalue weighted by molar-refractivity contribution is 5.92. The van der Waals surface area contributed by atoms with Crippen molar-refractivity contribution in [1.82, 2.24) is 19.6 Å². The largest absolute Gasteiger partial charge is 0.339 e. The minimum atomic E-state index is -0.413. The van der Waals surface area contributed by atoms with Crippen LogP contribution in [0.4, 0.5) is 0 Å². The lowest BCUT2D eigenvalue weighted by Crippen LogP contribution is -2.53. The van der Waals surface area contributed by atoms with E-state index >= 15 is 0 Å². The zero-order chi connectivity index (χ0) is 17.9. The van der Waals surface area contributed by atoms with Gasteiger partial charge in [0.2, 0.25) is 5.91 Å². The molecule has 7 nitrogen and oxygen atoms in total. The van der Waals surface area contributed by atoms with Gasteiger partial charge in [-0.25, -0.2) is 4.68 Å². The summed E-state index contributed by atoms with van der Waals surface area (Å²) in [6.07, 6.45) is 0.776. The highest BCUT2D eigenvalue weighted by Gasteiger charge is 2.31. The monoisotopic (exact) mass is 334 g/mol. The minimum absolute atomic E-state index is 0.101. The molecule has 1 saturated heterocycles. The highest BCUT2D eigenvalue weighted by Crippen LogP contribution is 2.19. The van der Waals surface area contributed by atoms with Crippen LogP contribution in [0.1, 0.15) is 44.6 Å². The topological polar surface area (TPSA) is 75.5 Å². The number of aromatic nitrogens is 2. The van der Waals surface area contributed by atoms with Crippen molar-refractivity contribution in [2.24, 2.45) is 5.41 Å². The van der Waals surface area contributed by atoms with E-state index in [1.165, 1.54) is 16.8 Å². The van der Waals surface area contributed by atoms with E-state index in [9.17, 15) is 14.4 Å². The van der Waals surface area contributed by atoms with Gasteiger partial charge in [-0.15, -0.1) is 0 Å². The molecule has 0 bridgehead atoms. The van der Waals surface area contributed by atoms with Gasteiger partial charge in [0, 0.05) is 44.2 Å². The number of aryl methyl sites for hydroxylation is 1. The van der Waals surface area contributed by atoms with Crippen LogP contribution in [-0.2, 0) is 11.3 Å². The van der Waals surface area contributed by atoms with E-state index in [0.717, 1.165) is 6.42 Å². The summed E-state index contributed by atoms with van der Waals surface area (Å²) in [7, 11) is 0. The fraction of sp³-hybridized carbons (Fsp3) is 0.647.